The van der Waals surface area contributed by atoms with Crippen LogP contribution < -0.4 is 5.32 Å². The Morgan fingerprint density at radius 1 is 1.17 bits per heavy atom. The van der Waals surface area contributed by atoms with Crippen molar-refractivity contribution in [2.24, 2.45) is 5.18 Å². The van der Waals surface area contributed by atoms with Crippen LogP contribution in [0.15, 0.2) is 29.4 Å². The molecule has 1 aromatic carbocycles. The number of hydrogen-bond acceptors (Lipinski definition) is 5. The van der Waals surface area contributed by atoms with Crippen molar-refractivity contribution in [3.05, 3.63) is 40.3 Å². The van der Waals surface area contributed by atoms with Crippen molar-refractivity contribution >= 4 is 6.09 Å². The Bertz CT molecular complexity index is 509. The number of likely N-dealkylation sites (N-methyl/N-ethyl adjacent to an activating group) is 1. The zero-order valence-electron chi connectivity index (χ0n) is 15.2. The summed E-state index contributed by atoms with van der Waals surface area (Å²) >= 11 is 0. The topological polar surface area (TPSA) is 71.0 Å². The van der Waals surface area contributed by atoms with Crippen LogP contribution in [0.5, 0.6) is 0 Å². The number of ether oxygens (including phenoxy) is 1. The van der Waals surface area contributed by atoms with Gasteiger partial charge >= 0.3 is 6.09 Å². The van der Waals surface area contributed by atoms with Crippen molar-refractivity contribution in [3.63, 3.8) is 0 Å². The van der Waals surface area contributed by atoms with Gasteiger partial charge in [-0.15, -0.1) is 0 Å². The Kier molecular flexibility index (Phi) is 8.40. The standard InChI is InChI=1S/C18H29N3O3/c1-18(2,3)24-17(22)19-14-16-9-7-15(8-10-16)6-5-12-21(4)13-11-20-23/h7-10H,5-6,11-14H2,1-4H3,(H,19,22). The van der Waals surface area contributed by atoms with Gasteiger partial charge in [-0.2, -0.15) is 4.91 Å². The maximum absolute atomic E-state index is 11.6. The number of hydrogen-bond donors (Lipinski definition) is 1. The van der Waals surface area contributed by atoms with E-state index >= 15 is 0 Å². The normalized spacial score (nSPS) is 11.4. The van der Waals surface area contributed by atoms with E-state index in [4.69, 9.17) is 4.74 Å². The van der Waals surface area contributed by atoms with Crippen LogP contribution in [-0.2, 0) is 17.7 Å². The maximum atomic E-state index is 11.6. The Hall–Kier alpha value is -1.95. The summed E-state index contributed by atoms with van der Waals surface area (Å²) in [5.74, 6) is 0. The van der Waals surface area contributed by atoms with Gasteiger partial charge in [0.1, 0.15) is 5.60 Å². The average Bonchev–Trinajstić information content (AvgIpc) is 2.50. The Morgan fingerprint density at radius 3 is 2.38 bits per heavy atom. The fourth-order valence-corrected chi connectivity index (χ4v) is 2.19. The minimum Gasteiger partial charge on any atom is -0.444 e. The van der Waals surface area contributed by atoms with E-state index in [1.807, 2.05) is 40.0 Å². The molecule has 0 fully saturated rings. The van der Waals surface area contributed by atoms with Crippen LogP contribution in [0.4, 0.5) is 4.79 Å². The molecule has 24 heavy (non-hydrogen) atoms. The summed E-state index contributed by atoms with van der Waals surface area (Å²) in [6.45, 7) is 7.97. The summed E-state index contributed by atoms with van der Waals surface area (Å²) in [6, 6.07) is 8.21. The molecule has 0 unspecified atom stereocenters. The lowest BCUT2D eigenvalue weighted by atomic mass is 10.1. The molecule has 1 amide bonds. The molecular weight excluding hydrogens is 306 g/mol. The predicted octanol–water partition coefficient (Wildman–Crippen LogP) is 3.34. The van der Waals surface area contributed by atoms with E-state index in [1.54, 1.807) is 0 Å². The summed E-state index contributed by atoms with van der Waals surface area (Å²) in [7, 11) is 2.00. The quantitative estimate of drug-likeness (QED) is 0.703. The number of carbonyl (C=O) groups is 1. The minimum atomic E-state index is -0.483. The van der Waals surface area contributed by atoms with Gasteiger partial charge in [-0.1, -0.05) is 29.4 Å². The van der Waals surface area contributed by atoms with Gasteiger partial charge in [0.05, 0.1) is 6.54 Å². The SMILES string of the molecule is CN(CCCc1ccc(CNC(=O)OC(C)(C)C)cc1)CCN=O. The van der Waals surface area contributed by atoms with E-state index in [2.05, 4.69) is 27.5 Å². The van der Waals surface area contributed by atoms with Crippen LogP contribution in [0, 0.1) is 4.91 Å². The van der Waals surface area contributed by atoms with E-state index < -0.39 is 11.7 Å². The molecule has 6 heteroatoms. The molecule has 134 valence electrons. The highest BCUT2D eigenvalue weighted by Gasteiger charge is 2.15. The molecule has 0 bridgehead atoms. The van der Waals surface area contributed by atoms with Crippen LogP contribution in [0.2, 0.25) is 0 Å². The molecule has 0 saturated heterocycles. The second-order valence-corrected chi connectivity index (χ2v) is 6.93. The van der Waals surface area contributed by atoms with E-state index in [1.165, 1.54) is 5.56 Å². The van der Waals surface area contributed by atoms with Crippen molar-refractivity contribution in [2.45, 2.75) is 45.8 Å². The van der Waals surface area contributed by atoms with Crippen molar-refractivity contribution < 1.29 is 9.53 Å². The summed E-state index contributed by atoms with van der Waals surface area (Å²) in [5, 5.41) is 5.62. The lowest BCUT2D eigenvalue weighted by Gasteiger charge is -2.19. The Labute approximate surface area is 144 Å². The largest absolute Gasteiger partial charge is 0.444 e. The van der Waals surface area contributed by atoms with Gasteiger partial charge in [-0.3, -0.25) is 0 Å². The lowest BCUT2D eigenvalue weighted by molar-refractivity contribution is 0.0523. The number of carbonyl (C=O) groups excluding carboxylic acids is 1. The fraction of sp³-hybridized carbons (Fsp3) is 0.611. The van der Waals surface area contributed by atoms with Gasteiger partial charge in [0.25, 0.3) is 0 Å². The molecule has 0 aromatic heterocycles. The van der Waals surface area contributed by atoms with E-state index in [-0.39, 0.29) is 0 Å². The first-order valence-corrected chi connectivity index (χ1v) is 8.32. The molecule has 0 aliphatic carbocycles. The molecule has 1 rings (SSSR count). The predicted molar refractivity (Wildman–Crippen MR) is 96.0 cm³/mol. The highest BCUT2D eigenvalue weighted by molar-refractivity contribution is 5.67. The van der Waals surface area contributed by atoms with Crippen LogP contribution in [0.3, 0.4) is 0 Å². The summed E-state index contributed by atoms with van der Waals surface area (Å²) < 4.78 is 5.21. The van der Waals surface area contributed by atoms with Gasteiger partial charge < -0.3 is 15.0 Å². The van der Waals surface area contributed by atoms with Crippen molar-refractivity contribution in [3.8, 4) is 0 Å². The second-order valence-electron chi connectivity index (χ2n) is 6.93. The first-order valence-electron chi connectivity index (χ1n) is 8.32. The van der Waals surface area contributed by atoms with Crippen molar-refractivity contribution in [2.75, 3.05) is 26.7 Å². The molecule has 1 aromatic rings. The number of nitroso groups, excluding NO2 is 1. The number of aryl methyl sites for hydroxylation is 1. The first-order chi connectivity index (χ1) is 11.3. The smallest absolute Gasteiger partial charge is 0.407 e. The molecular formula is C18H29N3O3. The number of nitrogens with one attached hydrogen (secondary N) is 1. The molecule has 0 radical (unpaired) electrons. The highest BCUT2D eigenvalue weighted by Crippen LogP contribution is 2.09. The minimum absolute atomic E-state index is 0.343. The molecule has 0 aliphatic heterocycles. The molecule has 0 spiro atoms. The second kappa shape index (κ2) is 10.0. The summed E-state index contributed by atoms with van der Waals surface area (Å²) in [5.41, 5.74) is 1.82. The van der Waals surface area contributed by atoms with E-state index in [0.717, 1.165) is 24.9 Å². The highest BCUT2D eigenvalue weighted by atomic mass is 16.6. The number of rotatable bonds is 9. The number of benzene rings is 1. The third-order valence-electron chi connectivity index (χ3n) is 3.44. The third-order valence-corrected chi connectivity index (χ3v) is 3.44. The third kappa shape index (κ3) is 9.25. The molecule has 0 saturated carbocycles. The Morgan fingerprint density at radius 2 is 1.79 bits per heavy atom. The monoisotopic (exact) mass is 335 g/mol. The van der Waals surface area contributed by atoms with Crippen LogP contribution in [0.25, 0.3) is 0 Å². The fourth-order valence-electron chi connectivity index (χ4n) is 2.19. The summed E-state index contributed by atoms with van der Waals surface area (Å²) in [4.78, 5) is 23.8. The van der Waals surface area contributed by atoms with Gasteiger partial charge in [0.15, 0.2) is 0 Å². The van der Waals surface area contributed by atoms with E-state index in [0.29, 0.717) is 19.6 Å². The molecule has 0 heterocycles. The summed E-state index contributed by atoms with van der Waals surface area (Å²) in [6.07, 6.45) is 1.61. The number of alkyl carbamates (subject to hydrolysis) is 1. The molecule has 0 aliphatic rings. The maximum Gasteiger partial charge on any atom is 0.407 e. The van der Waals surface area contributed by atoms with Gasteiger partial charge in [-0.25, -0.2) is 4.79 Å². The zero-order valence-corrected chi connectivity index (χ0v) is 15.2. The number of amides is 1. The van der Waals surface area contributed by atoms with Gasteiger partial charge in [0, 0.05) is 13.1 Å². The van der Waals surface area contributed by atoms with Gasteiger partial charge in [0.2, 0.25) is 0 Å². The van der Waals surface area contributed by atoms with Gasteiger partial charge in [-0.05, 0) is 58.3 Å². The van der Waals surface area contributed by atoms with E-state index in [9.17, 15) is 9.70 Å². The van der Waals surface area contributed by atoms with Crippen molar-refractivity contribution in [1.29, 1.82) is 0 Å². The lowest BCUT2D eigenvalue weighted by Crippen LogP contribution is -2.32. The zero-order chi connectivity index (χ0) is 18.0. The first kappa shape index (κ1) is 20.1. The Balaban J connectivity index is 2.30. The number of nitrogens with zero attached hydrogens (tertiary/aromatic N) is 2. The van der Waals surface area contributed by atoms with Crippen molar-refractivity contribution in [1.82, 2.24) is 10.2 Å². The molecule has 6 nitrogen and oxygen atoms in total. The molecule has 1 N–H and O–H groups in total. The molecule has 0 atom stereocenters. The average molecular weight is 335 g/mol. The van der Waals surface area contributed by atoms with Crippen LogP contribution in [0.1, 0.15) is 38.3 Å². The van der Waals surface area contributed by atoms with Crippen LogP contribution >= 0.6 is 0 Å². The van der Waals surface area contributed by atoms with Crippen LogP contribution in [-0.4, -0.2) is 43.3 Å².